The number of hydrogen-bond donors (Lipinski definition) is 1. The molecule has 0 spiro atoms. The van der Waals surface area contributed by atoms with Crippen LogP contribution in [0.15, 0.2) is 12.3 Å². The molecule has 1 aliphatic rings. The van der Waals surface area contributed by atoms with Crippen molar-refractivity contribution in [3.05, 3.63) is 27.9 Å². The van der Waals surface area contributed by atoms with Gasteiger partial charge in [0.05, 0.1) is 4.92 Å². The molecule has 18 heavy (non-hydrogen) atoms. The summed E-state index contributed by atoms with van der Waals surface area (Å²) in [4.78, 5) is 14.2. The zero-order chi connectivity index (χ0) is 13.1. The van der Waals surface area contributed by atoms with Crippen molar-refractivity contribution in [3.8, 4) is 5.88 Å². The highest BCUT2D eigenvalue weighted by Gasteiger charge is 2.24. The van der Waals surface area contributed by atoms with E-state index >= 15 is 0 Å². The van der Waals surface area contributed by atoms with Crippen LogP contribution in [0.5, 0.6) is 5.88 Å². The predicted molar refractivity (Wildman–Crippen MR) is 66.5 cm³/mol. The SMILES string of the molecule is Cc1cc([N+](=O)[O-])cnc1OC1CCCCC1N. The summed E-state index contributed by atoms with van der Waals surface area (Å²) in [6.07, 6.45) is 5.29. The number of ether oxygens (including phenoxy) is 1. The molecule has 0 saturated heterocycles. The molecule has 0 radical (unpaired) electrons. The van der Waals surface area contributed by atoms with E-state index in [2.05, 4.69) is 4.98 Å². The molecule has 1 aromatic heterocycles. The quantitative estimate of drug-likeness (QED) is 0.654. The fraction of sp³-hybridized carbons (Fsp3) is 0.583. The van der Waals surface area contributed by atoms with Gasteiger partial charge in [0.25, 0.3) is 5.69 Å². The zero-order valence-corrected chi connectivity index (χ0v) is 10.3. The Morgan fingerprint density at radius 3 is 2.83 bits per heavy atom. The lowest BCUT2D eigenvalue weighted by Crippen LogP contribution is -2.41. The molecule has 0 amide bonds. The molecule has 2 unspecified atom stereocenters. The molecule has 1 aromatic rings. The van der Waals surface area contributed by atoms with Crippen LogP contribution in [0.3, 0.4) is 0 Å². The second-order valence-corrected chi connectivity index (χ2v) is 4.68. The minimum atomic E-state index is -0.462. The molecule has 6 nitrogen and oxygen atoms in total. The minimum Gasteiger partial charge on any atom is -0.473 e. The first kappa shape index (κ1) is 12.8. The summed E-state index contributed by atoms with van der Waals surface area (Å²) in [5.41, 5.74) is 6.64. The van der Waals surface area contributed by atoms with Crippen LogP contribution in [0, 0.1) is 17.0 Å². The van der Waals surface area contributed by atoms with Crippen molar-refractivity contribution in [1.29, 1.82) is 0 Å². The molecule has 1 saturated carbocycles. The summed E-state index contributed by atoms with van der Waals surface area (Å²) in [6, 6.07) is 1.49. The van der Waals surface area contributed by atoms with Gasteiger partial charge in [-0.2, -0.15) is 0 Å². The van der Waals surface area contributed by atoms with E-state index in [1.807, 2.05) is 0 Å². The van der Waals surface area contributed by atoms with Gasteiger partial charge in [-0.05, 0) is 26.2 Å². The van der Waals surface area contributed by atoms with Crippen LogP contribution in [0.4, 0.5) is 5.69 Å². The average Bonchev–Trinajstić information content (AvgIpc) is 2.34. The van der Waals surface area contributed by atoms with E-state index in [1.165, 1.54) is 12.3 Å². The van der Waals surface area contributed by atoms with E-state index in [4.69, 9.17) is 10.5 Å². The Balaban J connectivity index is 2.11. The second-order valence-electron chi connectivity index (χ2n) is 4.68. The van der Waals surface area contributed by atoms with Crippen molar-refractivity contribution >= 4 is 5.69 Å². The molecule has 0 aromatic carbocycles. The number of pyridine rings is 1. The van der Waals surface area contributed by atoms with Crippen LogP contribution in [-0.4, -0.2) is 22.1 Å². The topological polar surface area (TPSA) is 91.3 Å². The van der Waals surface area contributed by atoms with Gasteiger partial charge in [-0.1, -0.05) is 6.42 Å². The summed E-state index contributed by atoms with van der Waals surface area (Å²) in [6.45, 7) is 1.75. The molecule has 1 fully saturated rings. The molecular formula is C12H17N3O3. The van der Waals surface area contributed by atoms with E-state index in [-0.39, 0.29) is 17.8 Å². The van der Waals surface area contributed by atoms with Crippen LogP contribution in [0.25, 0.3) is 0 Å². The largest absolute Gasteiger partial charge is 0.473 e. The summed E-state index contributed by atoms with van der Waals surface area (Å²) in [5, 5.41) is 10.6. The zero-order valence-electron chi connectivity index (χ0n) is 10.3. The summed E-state index contributed by atoms with van der Waals surface area (Å²) in [5.74, 6) is 0.447. The number of nitro groups is 1. The van der Waals surface area contributed by atoms with E-state index in [0.717, 1.165) is 25.7 Å². The Morgan fingerprint density at radius 2 is 2.22 bits per heavy atom. The molecule has 0 bridgehead atoms. The van der Waals surface area contributed by atoms with E-state index in [1.54, 1.807) is 6.92 Å². The first-order valence-corrected chi connectivity index (χ1v) is 6.11. The molecule has 1 heterocycles. The lowest BCUT2D eigenvalue weighted by Gasteiger charge is -2.28. The van der Waals surface area contributed by atoms with Gasteiger partial charge < -0.3 is 10.5 Å². The Hall–Kier alpha value is -1.69. The van der Waals surface area contributed by atoms with Gasteiger partial charge in [-0.15, -0.1) is 0 Å². The van der Waals surface area contributed by atoms with Crippen molar-refractivity contribution in [1.82, 2.24) is 4.98 Å². The van der Waals surface area contributed by atoms with Crippen molar-refractivity contribution in [2.75, 3.05) is 0 Å². The number of hydrogen-bond acceptors (Lipinski definition) is 5. The van der Waals surface area contributed by atoms with Crippen LogP contribution in [-0.2, 0) is 0 Å². The van der Waals surface area contributed by atoms with Gasteiger partial charge in [0.1, 0.15) is 12.3 Å². The molecule has 6 heteroatoms. The van der Waals surface area contributed by atoms with Gasteiger partial charge >= 0.3 is 0 Å². The minimum absolute atomic E-state index is 0.0206. The Kier molecular flexibility index (Phi) is 3.76. The maximum absolute atomic E-state index is 10.6. The number of nitrogens with zero attached hydrogens (tertiary/aromatic N) is 2. The summed E-state index contributed by atoms with van der Waals surface area (Å²) >= 11 is 0. The Labute approximate surface area is 105 Å². The van der Waals surface area contributed by atoms with Gasteiger partial charge in [0.15, 0.2) is 0 Å². The van der Waals surface area contributed by atoms with Gasteiger partial charge in [-0.25, -0.2) is 4.98 Å². The third kappa shape index (κ3) is 2.76. The number of nitrogens with two attached hydrogens (primary N) is 1. The van der Waals surface area contributed by atoms with Crippen molar-refractivity contribution in [3.63, 3.8) is 0 Å². The smallest absolute Gasteiger partial charge is 0.288 e. The second kappa shape index (κ2) is 5.30. The number of rotatable bonds is 3. The van der Waals surface area contributed by atoms with Gasteiger partial charge in [-0.3, -0.25) is 10.1 Å². The fourth-order valence-corrected chi connectivity index (χ4v) is 2.19. The Bertz CT molecular complexity index is 450. The monoisotopic (exact) mass is 251 g/mol. The third-order valence-electron chi connectivity index (χ3n) is 3.24. The van der Waals surface area contributed by atoms with E-state index < -0.39 is 4.92 Å². The maximum Gasteiger partial charge on any atom is 0.288 e. The molecule has 0 aliphatic heterocycles. The summed E-state index contributed by atoms with van der Waals surface area (Å²) in [7, 11) is 0. The number of aromatic nitrogens is 1. The maximum atomic E-state index is 10.6. The van der Waals surface area contributed by atoms with Gasteiger partial charge in [0, 0.05) is 17.7 Å². The Morgan fingerprint density at radius 1 is 1.50 bits per heavy atom. The highest BCUT2D eigenvalue weighted by molar-refractivity contribution is 5.36. The van der Waals surface area contributed by atoms with Crippen LogP contribution >= 0.6 is 0 Å². The molecule has 2 atom stereocenters. The predicted octanol–water partition coefficient (Wildman–Crippen LogP) is 1.95. The van der Waals surface area contributed by atoms with E-state index in [0.29, 0.717) is 11.4 Å². The molecular weight excluding hydrogens is 234 g/mol. The molecule has 1 aliphatic carbocycles. The number of aryl methyl sites for hydroxylation is 1. The lowest BCUT2D eigenvalue weighted by molar-refractivity contribution is -0.385. The van der Waals surface area contributed by atoms with Crippen molar-refractivity contribution in [2.45, 2.75) is 44.8 Å². The molecule has 2 N–H and O–H groups in total. The molecule has 98 valence electrons. The first-order chi connectivity index (χ1) is 8.58. The van der Waals surface area contributed by atoms with E-state index in [9.17, 15) is 10.1 Å². The summed E-state index contributed by atoms with van der Waals surface area (Å²) < 4.78 is 5.77. The van der Waals surface area contributed by atoms with Crippen LogP contribution < -0.4 is 10.5 Å². The normalized spacial score (nSPS) is 23.7. The third-order valence-corrected chi connectivity index (χ3v) is 3.24. The lowest BCUT2D eigenvalue weighted by atomic mass is 9.93. The van der Waals surface area contributed by atoms with Gasteiger partial charge in [0.2, 0.25) is 5.88 Å². The van der Waals surface area contributed by atoms with Crippen molar-refractivity contribution in [2.24, 2.45) is 5.73 Å². The van der Waals surface area contributed by atoms with Crippen molar-refractivity contribution < 1.29 is 9.66 Å². The van der Waals surface area contributed by atoms with Crippen LogP contribution in [0.1, 0.15) is 31.2 Å². The fourth-order valence-electron chi connectivity index (χ4n) is 2.19. The standard InChI is InChI=1S/C12H17N3O3/c1-8-6-9(15(16)17)7-14-12(8)18-11-5-3-2-4-10(11)13/h6-7,10-11H,2-5,13H2,1H3. The average molecular weight is 251 g/mol. The van der Waals surface area contributed by atoms with Crippen LogP contribution in [0.2, 0.25) is 0 Å². The highest BCUT2D eigenvalue weighted by Crippen LogP contribution is 2.25. The first-order valence-electron chi connectivity index (χ1n) is 6.11. The highest BCUT2D eigenvalue weighted by atomic mass is 16.6. The molecule has 2 rings (SSSR count).